The third kappa shape index (κ3) is 9.33. The van der Waals surface area contributed by atoms with Crippen LogP contribution in [0.2, 0.25) is 0 Å². The van der Waals surface area contributed by atoms with E-state index in [2.05, 4.69) is 25.9 Å². The zero-order valence-corrected chi connectivity index (χ0v) is 20.7. The Balaban J connectivity index is 1.84. The van der Waals surface area contributed by atoms with Crippen LogP contribution < -0.4 is 33.2 Å². The third-order valence-electron chi connectivity index (χ3n) is 4.58. The summed E-state index contributed by atoms with van der Waals surface area (Å²) in [6, 6.07) is 6.13. The lowest BCUT2D eigenvalue weighted by molar-refractivity contribution is -0.128. The first-order chi connectivity index (χ1) is 16.7. The highest BCUT2D eigenvalue weighted by Gasteiger charge is 2.18. The number of pyridine rings is 1. The van der Waals surface area contributed by atoms with E-state index in [1.807, 2.05) is 12.3 Å². The largest absolute Gasteiger partial charge is 0.370 e. The summed E-state index contributed by atoms with van der Waals surface area (Å²) in [6.45, 7) is -0.438. The number of rotatable bonds is 13. The molecule has 2 aromatic rings. The number of benzene rings is 1. The van der Waals surface area contributed by atoms with Gasteiger partial charge in [0.1, 0.15) is 6.04 Å². The van der Waals surface area contributed by atoms with E-state index in [4.69, 9.17) is 17.2 Å². The van der Waals surface area contributed by atoms with Crippen LogP contribution in [0.15, 0.2) is 40.4 Å². The minimum atomic E-state index is -0.927. The van der Waals surface area contributed by atoms with E-state index in [1.54, 1.807) is 24.4 Å². The van der Waals surface area contributed by atoms with Crippen LogP contribution in [0.1, 0.15) is 23.2 Å². The van der Waals surface area contributed by atoms with Crippen molar-refractivity contribution in [3.63, 3.8) is 0 Å². The number of fused-ring (bicyclic) bond motifs is 1. The number of carbonyl (C=O) groups excluding carboxylic acids is 4. The summed E-state index contributed by atoms with van der Waals surface area (Å²) >= 11 is 0. The molecule has 35 heavy (non-hydrogen) atoms. The lowest BCUT2D eigenvalue weighted by Gasteiger charge is -2.15. The van der Waals surface area contributed by atoms with Crippen molar-refractivity contribution >= 4 is 62.1 Å². The second kappa shape index (κ2) is 14.0. The quantitative estimate of drug-likeness (QED) is 0.0867. The number of aliphatic imine (C=N–C) groups is 1. The van der Waals surface area contributed by atoms with Gasteiger partial charge in [-0.1, -0.05) is 27.7 Å². The molecule has 0 aliphatic carbocycles. The summed E-state index contributed by atoms with van der Waals surface area (Å²) in [5, 5.41) is 8.17. The van der Waals surface area contributed by atoms with Gasteiger partial charge in [0.05, 0.1) is 18.6 Å². The molecule has 12 nitrogen and oxygen atoms in total. The molecule has 4 amide bonds. The van der Waals surface area contributed by atoms with E-state index in [1.165, 1.54) is 21.6 Å². The van der Waals surface area contributed by atoms with Crippen molar-refractivity contribution in [3.8, 4) is 0 Å². The summed E-state index contributed by atoms with van der Waals surface area (Å²) in [4.78, 5) is 57.3. The molecule has 0 fully saturated rings. The molecule has 0 saturated heterocycles. The van der Waals surface area contributed by atoms with Gasteiger partial charge in [-0.2, -0.15) is 0 Å². The molecule has 1 atom stereocenters. The van der Waals surface area contributed by atoms with Gasteiger partial charge >= 0.3 is 0 Å². The number of carbonyl (C=O) groups is 4. The topological polar surface area (TPSA) is 208 Å². The number of hydrogen-bond acceptors (Lipinski definition) is 8. The number of nitrogens with two attached hydrogens (primary N) is 3. The molecule has 0 radical (unpaired) electrons. The van der Waals surface area contributed by atoms with E-state index < -0.39 is 29.7 Å². The third-order valence-corrected chi connectivity index (χ3v) is 6.28. The molecule has 0 spiro atoms. The summed E-state index contributed by atoms with van der Waals surface area (Å²) < 4.78 is 0. The SMILES string of the molecule is CSSc1cc(C(=O)NCC(=O)NCC(=O)NC(CCCN=C(N)N)C(N)=O)cc2cccnc12. The van der Waals surface area contributed by atoms with Crippen molar-refractivity contribution in [1.82, 2.24) is 20.9 Å². The van der Waals surface area contributed by atoms with Gasteiger partial charge < -0.3 is 33.2 Å². The number of aromatic nitrogens is 1. The highest BCUT2D eigenvalue weighted by atomic mass is 33.1. The van der Waals surface area contributed by atoms with Crippen LogP contribution in [-0.2, 0) is 14.4 Å². The van der Waals surface area contributed by atoms with Gasteiger partial charge in [0.15, 0.2) is 5.96 Å². The lowest BCUT2D eigenvalue weighted by atomic mass is 10.1. The van der Waals surface area contributed by atoms with E-state index in [0.717, 1.165) is 15.8 Å². The molecular formula is C21H28N8O4S2. The second-order valence-corrected chi connectivity index (χ2v) is 9.67. The molecular weight excluding hydrogens is 492 g/mol. The fraction of sp³-hybridized carbons (Fsp3) is 0.333. The molecule has 9 N–H and O–H groups in total. The molecule has 188 valence electrons. The number of hydrogen-bond donors (Lipinski definition) is 6. The smallest absolute Gasteiger partial charge is 0.251 e. The molecule has 14 heteroatoms. The predicted molar refractivity (Wildman–Crippen MR) is 137 cm³/mol. The minimum absolute atomic E-state index is 0.0728. The van der Waals surface area contributed by atoms with Crippen LogP contribution in [0, 0.1) is 0 Å². The van der Waals surface area contributed by atoms with Gasteiger partial charge in [0, 0.05) is 28.6 Å². The number of guanidine groups is 1. The van der Waals surface area contributed by atoms with Gasteiger partial charge in [-0.05, 0) is 37.3 Å². The van der Waals surface area contributed by atoms with Crippen molar-refractivity contribution in [2.45, 2.75) is 23.8 Å². The molecule has 0 saturated carbocycles. The Morgan fingerprint density at radius 1 is 1.09 bits per heavy atom. The fourth-order valence-corrected chi connectivity index (χ4v) is 4.51. The standard InChI is InChI=1S/C21H28N8O4S2/c1-34-35-15-9-13(8-12-4-2-6-25-18(12)15)20(33)28-10-16(30)27-11-17(31)29-14(19(22)32)5-3-7-26-21(23)24/h2,4,6,8-9,14H,3,5,7,10-11H2,1H3,(H2,22,32)(H,27,30)(H,28,33)(H,29,31)(H4,23,24,26). The molecule has 0 aliphatic rings. The average Bonchev–Trinajstić information content (AvgIpc) is 2.82. The van der Waals surface area contributed by atoms with Crippen molar-refractivity contribution in [2.24, 2.45) is 22.2 Å². The molecule has 0 aliphatic heterocycles. The van der Waals surface area contributed by atoms with Gasteiger partial charge in [-0.25, -0.2) is 0 Å². The van der Waals surface area contributed by atoms with E-state index in [9.17, 15) is 19.2 Å². The lowest BCUT2D eigenvalue weighted by Crippen LogP contribution is -2.49. The number of amides is 4. The molecule has 1 aromatic carbocycles. The Hall–Kier alpha value is -3.52. The summed E-state index contributed by atoms with van der Waals surface area (Å²) in [7, 11) is 3.01. The van der Waals surface area contributed by atoms with Gasteiger partial charge in [0.25, 0.3) is 5.91 Å². The van der Waals surface area contributed by atoms with E-state index in [-0.39, 0.29) is 32.0 Å². The summed E-state index contributed by atoms with van der Waals surface area (Å²) in [5.74, 6) is -2.40. The molecule has 1 heterocycles. The second-order valence-electron chi connectivity index (χ2n) is 7.23. The summed E-state index contributed by atoms with van der Waals surface area (Å²) in [6.07, 6.45) is 4.27. The van der Waals surface area contributed by atoms with Crippen LogP contribution in [-0.4, -0.2) is 66.5 Å². The number of primary amides is 1. The maximum atomic E-state index is 12.6. The number of nitrogens with zero attached hydrogens (tertiary/aromatic N) is 2. The highest BCUT2D eigenvalue weighted by Crippen LogP contribution is 2.34. The molecule has 1 aromatic heterocycles. The van der Waals surface area contributed by atoms with Crippen molar-refractivity contribution in [2.75, 3.05) is 25.9 Å². The first-order valence-corrected chi connectivity index (χ1v) is 13.1. The Labute approximate surface area is 210 Å². The van der Waals surface area contributed by atoms with Crippen molar-refractivity contribution < 1.29 is 19.2 Å². The van der Waals surface area contributed by atoms with Gasteiger partial charge in [-0.15, -0.1) is 0 Å². The van der Waals surface area contributed by atoms with Crippen molar-refractivity contribution in [1.29, 1.82) is 0 Å². The monoisotopic (exact) mass is 520 g/mol. The van der Waals surface area contributed by atoms with E-state index >= 15 is 0 Å². The molecule has 0 bridgehead atoms. The Bertz CT molecular complexity index is 1110. The average molecular weight is 521 g/mol. The molecule has 2 rings (SSSR count). The zero-order chi connectivity index (χ0) is 25.8. The van der Waals surface area contributed by atoms with Gasteiger partial charge in [-0.3, -0.25) is 29.2 Å². The maximum Gasteiger partial charge on any atom is 0.251 e. The van der Waals surface area contributed by atoms with Gasteiger partial charge in [0.2, 0.25) is 17.7 Å². The fourth-order valence-electron chi connectivity index (χ4n) is 2.98. The normalized spacial score (nSPS) is 11.3. The van der Waals surface area contributed by atoms with Crippen LogP contribution in [0.3, 0.4) is 0 Å². The maximum absolute atomic E-state index is 12.6. The van der Waals surface area contributed by atoms with Crippen LogP contribution >= 0.6 is 21.6 Å². The highest BCUT2D eigenvalue weighted by molar-refractivity contribution is 8.76. The summed E-state index contributed by atoms with van der Waals surface area (Å²) in [5.41, 5.74) is 16.9. The van der Waals surface area contributed by atoms with Crippen LogP contribution in [0.5, 0.6) is 0 Å². The first kappa shape index (κ1) is 27.7. The van der Waals surface area contributed by atoms with E-state index in [0.29, 0.717) is 12.0 Å². The zero-order valence-electron chi connectivity index (χ0n) is 19.1. The number of nitrogens with one attached hydrogen (secondary N) is 3. The Kier molecular flexibility index (Phi) is 11.1. The Morgan fingerprint density at radius 3 is 2.51 bits per heavy atom. The predicted octanol–water partition coefficient (Wildman–Crippen LogP) is -0.525. The van der Waals surface area contributed by atoms with Crippen LogP contribution in [0.4, 0.5) is 0 Å². The first-order valence-electron chi connectivity index (χ1n) is 10.5. The molecule has 1 unspecified atom stereocenters. The van der Waals surface area contributed by atoms with Crippen molar-refractivity contribution in [3.05, 3.63) is 36.0 Å². The van der Waals surface area contributed by atoms with Crippen LogP contribution in [0.25, 0.3) is 10.9 Å². The Morgan fingerprint density at radius 2 is 1.83 bits per heavy atom. The minimum Gasteiger partial charge on any atom is -0.370 e.